The van der Waals surface area contributed by atoms with Crippen molar-refractivity contribution in [2.24, 2.45) is 0 Å². The predicted octanol–water partition coefficient (Wildman–Crippen LogP) is 21.4. The molecule has 0 spiro atoms. The lowest BCUT2D eigenvalue weighted by atomic mass is 9.99. The molecule has 1 fully saturated rings. The first kappa shape index (κ1) is 84.6. The van der Waals surface area contributed by atoms with Crippen molar-refractivity contribution in [3.8, 4) is 0 Å². The molecule has 1 aliphatic heterocycles. The number of aliphatic hydroxyl groups excluding tert-OH is 5. The highest BCUT2D eigenvalue weighted by Gasteiger charge is 2.44. The SMILES string of the molecule is CC/C=C\C/C=C\C/C=C\C/C=C\C/C=C\C/C=C\C/C=C\C/C=C\CCCCCCCCCCCCCCC(=O)NC(COC1OC(CO)C(O)C(O)C1O)C(O)/C=C/CC/C=C/CCCCCCCCCCCCCCCCCCCCCCCCCC. The van der Waals surface area contributed by atoms with E-state index < -0.39 is 49.5 Å². The molecule has 9 nitrogen and oxygen atoms in total. The highest BCUT2D eigenvalue weighted by atomic mass is 16.7. The summed E-state index contributed by atoms with van der Waals surface area (Å²) in [7, 11) is 0. The Hall–Kier alpha value is -3.41. The number of hydrogen-bond acceptors (Lipinski definition) is 8. The maximum absolute atomic E-state index is 13.2. The molecule has 518 valence electrons. The number of rotatable bonds is 65. The first-order chi connectivity index (χ1) is 44.3. The van der Waals surface area contributed by atoms with Gasteiger partial charge < -0.3 is 40.3 Å². The van der Waals surface area contributed by atoms with Crippen molar-refractivity contribution in [2.75, 3.05) is 13.2 Å². The normalized spacial score (nSPS) is 18.5. The van der Waals surface area contributed by atoms with Crippen molar-refractivity contribution in [1.82, 2.24) is 5.32 Å². The number of aliphatic hydroxyl groups is 5. The molecule has 0 bridgehead atoms. The fourth-order valence-electron chi connectivity index (χ4n) is 11.4. The average Bonchev–Trinajstić information content (AvgIpc) is 1.28. The van der Waals surface area contributed by atoms with Gasteiger partial charge in [0.1, 0.15) is 24.4 Å². The second-order valence-electron chi connectivity index (χ2n) is 25.7. The third-order valence-corrected chi connectivity index (χ3v) is 17.3. The Morgan fingerprint density at radius 2 is 0.700 bits per heavy atom. The molecule has 7 unspecified atom stereocenters. The summed E-state index contributed by atoms with van der Waals surface area (Å²) in [5.74, 6) is -0.190. The zero-order valence-electron chi connectivity index (χ0n) is 58.1. The summed E-state index contributed by atoms with van der Waals surface area (Å²) in [6.07, 6.45) is 96.0. The topological polar surface area (TPSA) is 149 Å². The van der Waals surface area contributed by atoms with Crippen LogP contribution in [0.1, 0.15) is 328 Å². The van der Waals surface area contributed by atoms with E-state index >= 15 is 0 Å². The van der Waals surface area contributed by atoms with E-state index in [9.17, 15) is 30.3 Å². The molecule has 1 heterocycles. The summed E-state index contributed by atoms with van der Waals surface area (Å²) in [5, 5.41) is 54.8. The van der Waals surface area contributed by atoms with Gasteiger partial charge in [0.15, 0.2) is 6.29 Å². The van der Waals surface area contributed by atoms with Crippen molar-refractivity contribution in [3.63, 3.8) is 0 Å². The predicted molar refractivity (Wildman–Crippen MR) is 387 cm³/mol. The Labute approximate surface area is 554 Å². The van der Waals surface area contributed by atoms with Gasteiger partial charge in [-0.2, -0.15) is 0 Å². The van der Waals surface area contributed by atoms with Gasteiger partial charge in [0.2, 0.25) is 5.91 Å². The molecule has 0 aromatic carbocycles. The molecule has 7 atom stereocenters. The van der Waals surface area contributed by atoms with E-state index in [4.69, 9.17) is 9.47 Å². The van der Waals surface area contributed by atoms with Crippen LogP contribution in [0.4, 0.5) is 0 Å². The maximum Gasteiger partial charge on any atom is 0.220 e. The molecule has 0 aliphatic carbocycles. The molecular weight excluding hydrogens is 1110 g/mol. The van der Waals surface area contributed by atoms with Crippen LogP contribution in [-0.4, -0.2) is 87.5 Å². The standard InChI is InChI=1S/C81H141NO8/c1-3-5-7-9-11-13-15-17-19-21-23-25-27-29-31-33-35-36-37-38-39-40-41-43-45-47-49-51-53-55-57-59-61-63-65-67-69-71-77(85)82-74(73-89-81-80(88)79(87)78(86)76(72-83)90-81)75(84)70-68-66-64-62-60-58-56-54-52-50-48-46-44-42-34-32-30-28-26-24-22-20-18-16-14-12-10-8-6-4-2/h5,7,11,13,17,19,23,25,29,31,35-36,38-39,41,43,60,62,68,70,74-76,78-81,83-84,86-88H,3-4,6,8-10,12,14-16,18,20-22,24,26-28,30,32-34,37,40,42,44-59,61,63-67,69,71-73H2,1-2H3,(H,82,85)/b7-5-,13-11-,19-17-,25-23-,31-29-,36-35-,39-38-,43-41-,62-60+,70-68+. The Morgan fingerprint density at radius 3 is 1.07 bits per heavy atom. The van der Waals surface area contributed by atoms with E-state index in [1.807, 2.05) is 6.08 Å². The monoisotopic (exact) mass is 1260 g/mol. The highest BCUT2D eigenvalue weighted by Crippen LogP contribution is 2.23. The minimum absolute atomic E-state index is 0.190. The van der Waals surface area contributed by atoms with E-state index in [2.05, 4.69) is 129 Å². The smallest absolute Gasteiger partial charge is 0.220 e. The lowest BCUT2D eigenvalue weighted by Crippen LogP contribution is -2.60. The van der Waals surface area contributed by atoms with E-state index in [0.29, 0.717) is 6.42 Å². The molecule has 1 rings (SSSR count). The van der Waals surface area contributed by atoms with E-state index in [1.54, 1.807) is 6.08 Å². The van der Waals surface area contributed by atoms with Crippen LogP contribution in [0.15, 0.2) is 122 Å². The first-order valence-corrected chi connectivity index (χ1v) is 37.8. The van der Waals surface area contributed by atoms with Crippen molar-refractivity contribution < 1.29 is 39.8 Å². The summed E-state index contributed by atoms with van der Waals surface area (Å²) in [6.45, 7) is 3.68. The molecule has 90 heavy (non-hydrogen) atoms. The van der Waals surface area contributed by atoms with E-state index in [-0.39, 0.29) is 12.5 Å². The molecule has 1 aliphatic rings. The number of ether oxygens (including phenoxy) is 2. The fraction of sp³-hybridized carbons (Fsp3) is 0.741. The Morgan fingerprint density at radius 1 is 0.389 bits per heavy atom. The van der Waals surface area contributed by atoms with Crippen molar-refractivity contribution >= 4 is 5.91 Å². The van der Waals surface area contributed by atoms with Crippen LogP contribution in [0.5, 0.6) is 0 Å². The van der Waals surface area contributed by atoms with Crippen molar-refractivity contribution in [1.29, 1.82) is 0 Å². The van der Waals surface area contributed by atoms with Crippen molar-refractivity contribution in [2.45, 2.75) is 371 Å². The average molecular weight is 1260 g/mol. The summed E-state index contributed by atoms with van der Waals surface area (Å²) >= 11 is 0. The van der Waals surface area contributed by atoms with Gasteiger partial charge in [-0.1, -0.05) is 347 Å². The minimum atomic E-state index is -1.58. The fourth-order valence-corrected chi connectivity index (χ4v) is 11.4. The first-order valence-electron chi connectivity index (χ1n) is 37.8. The van der Waals surface area contributed by atoms with Crippen LogP contribution >= 0.6 is 0 Å². The number of nitrogens with one attached hydrogen (secondary N) is 1. The molecule has 9 heteroatoms. The Kier molecular flexibility index (Phi) is 64.3. The van der Waals surface area contributed by atoms with Gasteiger partial charge in [-0.25, -0.2) is 0 Å². The third-order valence-electron chi connectivity index (χ3n) is 17.3. The number of carbonyl (C=O) groups is 1. The molecule has 0 aromatic rings. The zero-order valence-corrected chi connectivity index (χ0v) is 58.1. The third kappa shape index (κ3) is 56.2. The number of amides is 1. The summed E-state index contributed by atoms with van der Waals surface area (Å²) in [4.78, 5) is 13.2. The molecular formula is C81H141NO8. The van der Waals surface area contributed by atoms with Crippen LogP contribution < -0.4 is 5.32 Å². The van der Waals surface area contributed by atoms with E-state index in [0.717, 1.165) is 89.9 Å². The minimum Gasteiger partial charge on any atom is -0.394 e. The molecule has 1 amide bonds. The van der Waals surface area contributed by atoms with Crippen LogP contribution in [-0.2, 0) is 14.3 Å². The number of unbranched alkanes of at least 4 members (excludes halogenated alkanes) is 37. The molecule has 0 saturated carbocycles. The Balaban J connectivity index is 2.14. The second kappa shape index (κ2) is 68.4. The van der Waals surface area contributed by atoms with E-state index in [1.165, 1.54) is 218 Å². The number of allylic oxidation sites excluding steroid dienone is 19. The summed E-state index contributed by atoms with van der Waals surface area (Å²) < 4.78 is 11.3. The summed E-state index contributed by atoms with van der Waals surface area (Å²) in [6, 6.07) is -0.833. The van der Waals surface area contributed by atoms with Gasteiger partial charge in [0.05, 0.1) is 25.4 Å². The van der Waals surface area contributed by atoms with Crippen LogP contribution in [0.3, 0.4) is 0 Å². The van der Waals surface area contributed by atoms with Crippen LogP contribution in [0, 0.1) is 0 Å². The van der Waals surface area contributed by atoms with Gasteiger partial charge in [-0.05, 0) is 96.3 Å². The molecule has 0 radical (unpaired) electrons. The molecule has 0 aromatic heterocycles. The lowest BCUT2D eigenvalue weighted by molar-refractivity contribution is -0.302. The van der Waals surface area contributed by atoms with Crippen LogP contribution in [0.2, 0.25) is 0 Å². The largest absolute Gasteiger partial charge is 0.394 e. The van der Waals surface area contributed by atoms with Gasteiger partial charge in [0.25, 0.3) is 0 Å². The highest BCUT2D eigenvalue weighted by molar-refractivity contribution is 5.76. The number of carbonyl (C=O) groups excluding carboxylic acids is 1. The molecule has 6 N–H and O–H groups in total. The second-order valence-corrected chi connectivity index (χ2v) is 25.7. The van der Waals surface area contributed by atoms with Crippen LogP contribution in [0.25, 0.3) is 0 Å². The maximum atomic E-state index is 13.2. The van der Waals surface area contributed by atoms with Gasteiger partial charge in [0, 0.05) is 6.42 Å². The quantitative estimate of drug-likeness (QED) is 0.0261. The number of hydrogen-bond donors (Lipinski definition) is 6. The van der Waals surface area contributed by atoms with Gasteiger partial charge in [-0.3, -0.25) is 4.79 Å². The molecule has 1 saturated heterocycles. The zero-order chi connectivity index (χ0) is 64.9. The Bertz CT molecular complexity index is 1840. The van der Waals surface area contributed by atoms with Crippen molar-refractivity contribution in [3.05, 3.63) is 122 Å². The lowest BCUT2D eigenvalue weighted by Gasteiger charge is -2.40. The van der Waals surface area contributed by atoms with Gasteiger partial charge in [-0.15, -0.1) is 0 Å². The summed E-state index contributed by atoms with van der Waals surface area (Å²) in [5.41, 5.74) is 0. The van der Waals surface area contributed by atoms with Gasteiger partial charge >= 0.3 is 0 Å².